The van der Waals surface area contributed by atoms with Crippen LogP contribution in [0.25, 0.3) is 0 Å². The van der Waals surface area contributed by atoms with Crippen LogP contribution in [0.15, 0.2) is 170 Å². The van der Waals surface area contributed by atoms with Crippen molar-refractivity contribution in [2.75, 3.05) is 39.6 Å². The number of carbonyl (C=O) groups excluding carboxylic acids is 4. The van der Waals surface area contributed by atoms with Gasteiger partial charge in [0.05, 0.1) is 26.4 Å². The Morgan fingerprint density at radius 1 is 0.255 bits per heavy atom. The van der Waals surface area contributed by atoms with Crippen LogP contribution in [0.3, 0.4) is 0 Å². The van der Waals surface area contributed by atoms with Gasteiger partial charge >= 0.3 is 39.5 Å². The quantitative estimate of drug-likeness (QED) is 0.0169. The minimum absolute atomic E-state index is 0.0666. The highest BCUT2D eigenvalue weighted by Crippen LogP contribution is 2.45. The standard InChI is InChI=1S/C91H150O17P2/c1-5-9-13-17-21-25-29-33-37-40-42-45-48-51-55-59-63-67-71-75-88(93)101-81-86(107-90(95)77-73-69-65-61-57-53-47-36-32-28-24-20-16-12-8-4)83-105-109(97,98)103-79-85(92)80-104-110(99,100)106-84-87(108-91(96)78-74-70-66-62-58-54-50-44-39-35-31-27-23-19-15-11-7-3)82-102-89(94)76-72-68-64-60-56-52-49-46-43-41-38-34-30-26-22-18-14-10-6-2/h9-16,21-28,33-39,42-43,45-47,85-87,92H,5-8,17-20,29-32,40-41,44,48-84H2,1-4H3,(H,97,98)(H,99,100)/b13-9-,14-10-,15-11-,16-12-,25-21-,26-22-,27-23-,28-24-,37-33-,38-34-,39-35-,45-42-,46-43-,47-36-. The van der Waals surface area contributed by atoms with Crippen LogP contribution in [0.5, 0.6) is 0 Å². The van der Waals surface area contributed by atoms with Crippen molar-refractivity contribution < 1.29 is 80.2 Å². The molecule has 19 heteroatoms. The predicted molar refractivity (Wildman–Crippen MR) is 454 cm³/mol. The van der Waals surface area contributed by atoms with Crippen LogP contribution in [0.4, 0.5) is 0 Å². The molecule has 0 spiro atoms. The number of allylic oxidation sites excluding steroid dienone is 28. The third-order valence-electron chi connectivity index (χ3n) is 17.2. The maximum atomic E-state index is 13.1. The molecule has 110 heavy (non-hydrogen) atoms. The Morgan fingerprint density at radius 2 is 0.445 bits per heavy atom. The molecule has 0 fully saturated rings. The zero-order valence-corrected chi connectivity index (χ0v) is 70.4. The zero-order chi connectivity index (χ0) is 80.3. The second kappa shape index (κ2) is 81.4. The lowest BCUT2D eigenvalue weighted by atomic mass is 10.1. The van der Waals surface area contributed by atoms with E-state index >= 15 is 0 Å². The molecule has 0 radical (unpaired) electrons. The van der Waals surface area contributed by atoms with E-state index in [2.05, 4.69) is 198 Å². The van der Waals surface area contributed by atoms with Crippen molar-refractivity contribution in [1.29, 1.82) is 0 Å². The number of phosphoric ester groups is 2. The summed E-state index contributed by atoms with van der Waals surface area (Å²) >= 11 is 0. The van der Waals surface area contributed by atoms with E-state index in [1.54, 1.807) is 0 Å². The third-order valence-corrected chi connectivity index (χ3v) is 19.1. The van der Waals surface area contributed by atoms with E-state index in [0.717, 1.165) is 244 Å². The van der Waals surface area contributed by atoms with Crippen molar-refractivity contribution in [2.24, 2.45) is 0 Å². The molecule has 0 aromatic rings. The second-order valence-electron chi connectivity index (χ2n) is 27.6. The molecule has 0 heterocycles. The predicted octanol–water partition coefficient (Wildman–Crippen LogP) is 25.3. The summed E-state index contributed by atoms with van der Waals surface area (Å²) in [5, 5.41) is 10.7. The van der Waals surface area contributed by atoms with Crippen LogP contribution in [0, 0.1) is 0 Å². The van der Waals surface area contributed by atoms with Gasteiger partial charge in [0, 0.05) is 25.7 Å². The van der Waals surface area contributed by atoms with Gasteiger partial charge in [0.15, 0.2) is 12.2 Å². The molecule has 5 unspecified atom stereocenters. The van der Waals surface area contributed by atoms with Gasteiger partial charge in [0.25, 0.3) is 0 Å². The number of esters is 4. The average Bonchev–Trinajstić information content (AvgIpc) is 0.899. The summed E-state index contributed by atoms with van der Waals surface area (Å²) in [6.45, 7) is 4.38. The lowest BCUT2D eigenvalue weighted by Crippen LogP contribution is -2.30. The van der Waals surface area contributed by atoms with E-state index in [1.807, 2.05) is 0 Å². The summed E-state index contributed by atoms with van der Waals surface area (Å²) in [6.07, 6.45) is 97.4. The van der Waals surface area contributed by atoms with Gasteiger partial charge in [-0.05, 0) is 167 Å². The van der Waals surface area contributed by atoms with E-state index in [4.69, 9.17) is 37.0 Å². The molecule has 0 amide bonds. The fourth-order valence-electron chi connectivity index (χ4n) is 10.9. The molecule has 0 saturated heterocycles. The minimum atomic E-state index is -5.00. The first-order valence-electron chi connectivity index (χ1n) is 42.4. The molecule has 0 aromatic heterocycles. The van der Waals surface area contributed by atoms with Gasteiger partial charge < -0.3 is 33.8 Å². The highest BCUT2D eigenvalue weighted by molar-refractivity contribution is 7.47. The highest BCUT2D eigenvalue weighted by atomic mass is 31.2. The number of phosphoric acid groups is 2. The van der Waals surface area contributed by atoms with Gasteiger partial charge in [-0.1, -0.05) is 301 Å². The van der Waals surface area contributed by atoms with E-state index in [0.29, 0.717) is 25.7 Å². The Bertz CT molecular complexity index is 2750. The number of aliphatic hydroxyl groups excluding tert-OH is 1. The second-order valence-corrected chi connectivity index (χ2v) is 30.5. The molecule has 0 saturated carbocycles. The van der Waals surface area contributed by atoms with E-state index in [1.165, 1.54) is 0 Å². The fourth-order valence-corrected chi connectivity index (χ4v) is 12.5. The SMILES string of the molecule is CC/C=C\C/C=C\C/C=C\C/C=C\CCCCCCCCC(=O)OCC(COP(=O)(O)OCC(O)COP(=O)(O)OCC(COC(=O)CCCCCCCC/C=C\C/C=C\C/C=C\C/C=C\CC)OC(=O)CCCCCCCCC/C=C\C/C=C\C/C=C\CC)OC(=O)CCCCCCC/C=C\C/C=C\C/C=C\CC. The number of carbonyl (C=O) groups is 4. The largest absolute Gasteiger partial charge is 0.472 e. The first kappa shape index (κ1) is 104. The molecule has 0 rings (SSSR count). The van der Waals surface area contributed by atoms with Gasteiger partial charge in [-0.15, -0.1) is 0 Å². The number of unbranched alkanes of at least 4 members (excludes halogenated alkanes) is 24. The summed E-state index contributed by atoms with van der Waals surface area (Å²) in [6, 6.07) is 0. The number of rotatable bonds is 78. The van der Waals surface area contributed by atoms with Gasteiger partial charge in [0.2, 0.25) is 0 Å². The molecule has 0 bridgehead atoms. The molecule has 3 N–H and O–H groups in total. The third kappa shape index (κ3) is 80.5. The average molecular weight is 1580 g/mol. The topological polar surface area (TPSA) is 237 Å². The smallest absolute Gasteiger partial charge is 0.462 e. The van der Waals surface area contributed by atoms with E-state index in [9.17, 15) is 43.2 Å². The van der Waals surface area contributed by atoms with E-state index in [-0.39, 0.29) is 25.7 Å². The summed E-state index contributed by atoms with van der Waals surface area (Å²) in [5.41, 5.74) is 0. The molecule has 17 nitrogen and oxygen atoms in total. The molecule has 626 valence electrons. The molecule has 0 aliphatic rings. The minimum Gasteiger partial charge on any atom is -0.462 e. The van der Waals surface area contributed by atoms with Crippen LogP contribution in [-0.4, -0.2) is 96.7 Å². The monoisotopic (exact) mass is 1580 g/mol. The van der Waals surface area contributed by atoms with Crippen molar-refractivity contribution in [3.8, 4) is 0 Å². The van der Waals surface area contributed by atoms with Crippen LogP contribution in [0.2, 0.25) is 0 Å². The number of ether oxygens (including phenoxy) is 4. The first-order valence-corrected chi connectivity index (χ1v) is 45.4. The van der Waals surface area contributed by atoms with Crippen molar-refractivity contribution >= 4 is 39.5 Å². The Morgan fingerprint density at radius 3 is 0.682 bits per heavy atom. The van der Waals surface area contributed by atoms with Gasteiger partial charge in [-0.3, -0.25) is 37.3 Å². The lowest BCUT2D eigenvalue weighted by molar-refractivity contribution is -0.161. The summed E-state index contributed by atoms with van der Waals surface area (Å²) in [4.78, 5) is 73.3. The zero-order valence-electron chi connectivity index (χ0n) is 68.6. The summed E-state index contributed by atoms with van der Waals surface area (Å²) in [7, 11) is -10.00. The van der Waals surface area contributed by atoms with Crippen LogP contribution < -0.4 is 0 Å². The van der Waals surface area contributed by atoms with Crippen LogP contribution >= 0.6 is 15.6 Å². The fraction of sp³-hybridized carbons (Fsp3) is 0.648. The number of aliphatic hydroxyl groups is 1. The number of hydrogen-bond donors (Lipinski definition) is 3. The molecule has 5 atom stereocenters. The lowest BCUT2D eigenvalue weighted by Gasteiger charge is -2.21. The van der Waals surface area contributed by atoms with Crippen LogP contribution in [-0.2, 0) is 65.4 Å². The van der Waals surface area contributed by atoms with Gasteiger partial charge in [-0.2, -0.15) is 0 Å². The Balaban J connectivity index is 5.42. The molecule has 0 aliphatic carbocycles. The van der Waals surface area contributed by atoms with Crippen molar-refractivity contribution in [2.45, 2.75) is 341 Å². The maximum Gasteiger partial charge on any atom is 0.472 e. The normalized spacial score (nSPS) is 14.6. The van der Waals surface area contributed by atoms with Crippen molar-refractivity contribution in [1.82, 2.24) is 0 Å². The molecular formula is C91H150O17P2. The summed E-state index contributed by atoms with van der Waals surface area (Å²) in [5.74, 6) is -2.24. The first-order chi connectivity index (χ1) is 53.7. The molecule has 0 aliphatic heterocycles. The highest BCUT2D eigenvalue weighted by Gasteiger charge is 2.30. The van der Waals surface area contributed by atoms with Gasteiger partial charge in [0.1, 0.15) is 19.3 Å². The van der Waals surface area contributed by atoms with Gasteiger partial charge in [-0.25, -0.2) is 9.13 Å². The van der Waals surface area contributed by atoms with Crippen molar-refractivity contribution in [3.63, 3.8) is 0 Å². The van der Waals surface area contributed by atoms with Crippen molar-refractivity contribution in [3.05, 3.63) is 170 Å². The maximum absolute atomic E-state index is 13.1. The Hall–Kier alpha value is -5.58. The Kier molecular flexibility index (Phi) is 77.3. The Labute approximate surface area is 667 Å². The summed E-state index contributed by atoms with van der Waals surface area (Å²) < 4.78 is 68.8. The van der Waals surface area contributed by atoms with Crippen LogP contribution in [0.1, 0.15) is 323 Å². The van der Waals surface area contributed by atoms with E-state index < -0.39 is 97.5 Å². The molecule has 0 aromatic carbocycles. The number of hydrogen-bond acceptors (Lipinski definition) is 15. The molecular weight excluding hydrogens is 1430 g/mol.